The molecule has 0 aliphatic carbocycles. The topological polar surface area (TPSA) is 99.9 Å². The number of thioether (sulfide) groups is 1. The van der Waals surface area contributed by atoms with Gasteiger partial charge in [-0.2, -0.15) is 0 Å². The van der Waals surface area contributed by atoms with Crippen molar-refractivity contribution in [3.8, 4) is 11.5 Å². The van der Waals surface area contributed by atoms with Crippen LogP contribution in [0, 0.1) is 13.8 Å². The molecule has 0 radical (unpaired) electrons. The molecule has 0 aliphatic rings. The first-order valence-electron chi connectivity index (χ1n) is 7.91. The summed E-state index contributed by atoms with van der Waals surface area (Å²) >= 11 is 1.14. The Morgan fingerprint density at radius 2 is 1.81 bits per heavy atom. The number of anilines is 1. The number of carbonyl (C=O) groups is 1. The third-order valence-electron chi connectivity index (χ3n) is 3.39. The van der Waals surface area contributed by atoms with Gasteiger partial charge in [0.2, 0.25) is 5.91 Å². The summed E-state index contributed by atoms with van der Waals surface area (Å²) in [4.78, 5) is 25.4. The first-order valence-corrected chi connectivity index (χ1v) is 8.90. The van der Waals surface area contributed by atoms with Crippen LogP contribution in [-0.4, -0.2) is 26.8 Å². The van der Waals surface area contributed by atoms with E-state index >= 15 is 0 Å². The minimum absolute atomic E-state index is 0.140. The molecule has 2 aromatic carbocycles. The third-order valence-corrected chi connectivity index (χ3v) is 4.26. The monoisotopic (exact) mass is 370 g/mol. The van der Waals surface area contributed by atoms with Gasteiger partial charge in [-0.1, -0.05) is 17.8 Å². The molecule has 0 bridgehead atoms. The predicted molar refractivity (Wildman–Crippen MR) is 101 cm³/mol. The maximum absolute atomic E-state index is 12.0. The van der Waals surface area contributed by atoms with E-state index < -0.39 is 5.69 Å². The van der Waals surface area contributed by atoms with Crippen LogP contribution in [0.25, 0.3) is 0 Å². The number of rotatable bonds is 6. The maximum Gasteiger partial charge on any atom is 0.341 e. The average Bonchev–Trinajstić information content (AvgIpc) is 2.99. The quantitative estimate of drug-likeness (QED) is 0.579. The summed E-state index contributed by atoms with van der Waals surface area (Å²) in [6.45, 7) is 4.05. The molecule has 0 fully saturated rings. The number of carbonyl (C=O) groups excluding carboxylic acids is 1. The normalized spacial score (nSPS) is 10.5. The number of ether oxygens (including phenoxy) is 1. The second kappa shape index (κ2) is 7.92. The number of aromatic nitrogens is 3. The average molecular weight is 370 g/mol. The van der Waals surface area contributed by atoms with Crippen molar-refractivity contribution in [3.05, 3.63) is 64.1 Å². The van der Waals surface area contributed by atoms with Gasteiger partial charge in [0, 0.05) is 5.69 Å². The summed E-state index contributed by atoms with van der Waals surface area (Å²) in [5, 5.41) is 9.14. The molecule has 0 aliphatic heterocycles. The Hall–Kier alpha value is -3.00. The van der Waals surface area contributed by atoms with Crippen molar-refractivity contribution in [3.63, 3.8) is 0 Å². The van der Waals surface area contributed by atoms with Gasteiger partial charge in [-0.15, -0.1) is 5.10 Å². The first kappa shape index (κ1) is 17.8. The molecule has 1 heterocycles. The Morgan fingerprint density at radius 1 is 1.12 bits per heavy atom. The Balaban J connectivity index is 1.55. The van der Waals surface area contributed by atoms with E-state index in [4.69, 9.17) is 4.74 Å². The molecule has 1 amide bonds. The zero-order valence-electron chi connectivity index (χ0n) is 14.3. The van der Waals surface area contributed by atoms with Crippen molar-refractivity contribution in [2.24, 2.45) is 0 Å². The Morgan fingerprint density at radius 3 is 2.42 bits per heavy atom. The molecule has 3 N–H and O–H groups in total. The van der Waals surface area contributed by atoms with Crippen molar-refractivity contribution >= 4 is 23.4 Å². The van der Waals surface area contributed by atoms with Crippen LogP contribution in [0.3, 0.4) is 0 Å². The molecule has 134 valence electrons. The molecule has 0 unspecified atom stereocenters. The molecule has 0 saturated heterocycles. The number of nitrogens with one attached hydrogen (secondary N) is 3. The van der Waals surface area contributed by atoms with Crippen LogP contribution in [0.1, 0.15) is 11.1 Å². The maximum atomic E-state index is 12.0. The highest BCUT2D eigenvalue weighted by molar-refractivity contribution is 7.99. The van der Waals surface area contributed by atoms with Crippen LogP contribution >= 0.6 is 11.8 Å². The van der Waals surface area contributed by atoms with Gasteiger partial charge in [0.25, 0.3) is 0 Å². The number of aromatic amines is 2. The van der Waals surface area contributed by atoms with E-state index in [1.165, 1.54) is 0 Å². The molecule has 1 aromatic heterocycles. The number of nitrogens with zero attached hydrogens (tertiary/aromatic N) is 1. The first-order chi connectivity index (χ1) is 12.5. The lowest BCUT2D eigenvalue weighted by atomic mass is 10.1. The van der Waals surface area contributed by atoms with Gasteiger partial charge in [0.1, 0.15) is 11.5 Å². The van der Waals surface area contributed by atoms with Gasteiger partial charge >= 0.3 is 5.69 Å². The number of hydrogen-bond donors (Lipinski definition) is 3. The van der Waals surface area contributed by atoms with E-state index in [0.29, 0.717) is 16.6 Å². The summed E-state index contributed by atoms with van der Waals surface area (Å²) in [5.74, 6) is 1.42. The van der Waals surface area contributed by atoms with Crippen LogP contribution in [0.5, 0.6) is 11.5 Å². The van der Waals surface area contributed by atoms with E-state index in [0.717, 1.165) is 28.6 Å². The molecular formula is C18H18N4O3S. The number of amides is 1. The van der Waals surface area contributed by atoms with Crippen LogP contribution in [-0.2, 0) is 4.79 Å². The Kier molecular flexibility index (Phi) is 5.43. The van der Waals surface area contributed by atoms with Crippen molar-refractivity contribution in [2.75, 3.05) is 11.1 Å². The molecule has 3 rings (SSSR count). The lowest BCUT2D eigenvalue weighted by Crippen LogP contribution is -2.14. The number of H-pyrrole nitrogens is 2. The van der Waals surface area contributed by atoms with Crippen molar-refractivity contribution in [1.82, 2.24) is 15.2 Å². The molecule has 0 atom stereocenters. The molecule has 8 heteroatoms. The summed E-state index contributed by atoms with van der Waals surface area (Å²) in [6.07, 6.45) is 0. The molecule has 3 aromatic rings. The minimum atomic E-state index is -0.396. The number of aryl methyl sites for hydroxylation is 2. The second-order valence-corrected chi connectivity index (χ2v) is 6.73. The summed E-state index contributed by atoms with van der Waals surface area (Å²) in [5.41, 5.74) is 2.55. The number of benzene rings is 2. The van der Waals surface area contributed by atoms with E-state index in [9.17, 15) is 9.59 Å². The zero-order valence-corrected chi connectivity index (χ0v) is 15.1. The van der Waals surface area contributed by atoms with Crippen molar-refractivity contribution in [2.45, 2.75) is 19.0 Å². The Labute approximate surface area is 154 Å². The molecular weight excluding hydrogens is 352 g/mol. The van der Waals surface area contributed by atoms with E-state index in [-0.39, 0.29) is 11.7 Å². The zero-order chi connectivity index (χ0) is 18.5. The fourth-order valence-electron chi connectivity index (χ4n) is 2.39. The summed E-state index contributed by atoms with van der Waals surface area (Å²) < 4.78 is 5.85. The largest absolute Gasteiger partial charge is 0.457 e. The standard InChI is InChI=1S/C18H18N4O3S/c1-11-7-12(2)9-15(8-11)25-14-5-3-13(4-6-14)19-16(23)10-26-18-20-17(24)21-22-18/h3-9H,10H2,1-2H3,(H,19,23)(H2,20,21,22,24). The minimum Gasteiger partial charge on any atom is -0.457 e. The highest BCUT2D eigenvalue weighted by atomic mass is 32.2. The van der Waals surface area contributed by atoms with E-state index in [1.807, 2.05) is 26.0 Å². The predicted octanol–water partition coefficient (Wildman–Crippen LogP) is 3.24. The molecule has 7 nitrogen and oxygen atoms in total. The fourth-order valence-corrected chi connectivity index (χ4v) is 3.00. The highest BCUT2D eigenvalue weighted by Crippen LogP contribution is 2.25. The second-order valence-electron chi connectivity index (χ2n) is 5.77. The van der Waals surface area contributed by atoms with Gasteiger partial charge < -0.3 is 10.1 Å². The summed E-state index contributed by atoms with van der Waals surface area (Å²) in [6, 6.07) is 13.2. The fraction of sp³-hybridized carbons (Fsp3) is 0.167. The van der Waals surface area contributed by atoms with Gasteiger partial charge in [0.05, 0.1) is 5.75 Å². The molecule has 0 spiro atoms. The highest BCUT2D eigenvalue weighted by Gasteiger charge is 2.07. The van der Waals surface area contributed by atoms with Gasteiger partial charge in [-0.3, -0.25) is 9.78 Å². The smallest absolute Gasteiger partial charge is 0.341 e. The van der Waals surface area contributed by atoms with E-state index in [2.05, 4.69) is 26.6 Å². The SMILES string of the molecule is Cc1cc(C)cc(Oc2ccc(NC(=O)CSc3n[nH]c(=O)[nH]3)cc2)c1. The Bertz CT molecular complexity index is 943. The van der Waals surface area contributed by atoms with Gasteiger partial charge in [0.15, 0.2) is 5.16 Å². The third kappa shape index (κ3) is 5.00. The van der Waals surface area contributed by atoms with E-state index in [1.54, 1.807) is 24.3 Å². The van der Waals surface area contributed by atoms with Gasteiger partial charge in [-0.25, -0.2) is 9.89 Å². The molecule has 0 saturated carbocycles. The van der Waals surface area contributed by atoms with Crippen molar-refractivity contribution < 1.29 is 9.53 Å². The van der Waals surface area contributed by atoms with Crippen LogP contribution < -0.4 is 15.7 Å². The van der Waals surface area contributed by atoms with Crippen molar-refractivity contribution in [1.29, 1.82) is 0 Å². The van der Waals surface area contributed by atoms with Crippen LogP contribution in [0.15, 0.2) is 52.4 Å². The number of hydrogen-bond acceptors (Lipinski definition) is 5. The summed E-state index contributed by atoms with van der Waals surface area (Å²) in [7, 11) is 0. The lowest BCUT2D eigenvalue weighted by Gasteiger charge is -2.09. The lowest BCUT2D eigenvalue weighted by molar-refractivity contribution is -0.113. The van der Waals surface area contributed by atoms with Gasteiger partial charge in [-0.05, 0) is 61.4 Å². The molecule has 26 heavy (non-hydrogen) atoms. The van der Waals surface area contributed by atoms with Crippen LogP contribution in [0.4, 0.5) is 5.69 Å². The van der Waals surface area contributed by atoms with Crippen LogP contribution in [0.2, 0.25) is 0 Å².